The molecule has 134 valence electrons. The Hall–Kier alpha value is -2.47. The topological polar surface area (TPSA) is 61.1 Å². The number of hydrogen-bond donors (Lipinski definition) is 0. The lowest BCUT2D eigenvalue weighted by atomic mass is 9.97. The lowest BCUT2D eigenvalue weighted by Crippen LogP contribution is -2.28. The van der Waals surface area contributed by atoms with Crippen LogP contribution in [0.3, 0.4) is 0 Å². The number of furan rings is 1. The average molecular weight is 345 g/mol. The van der Waals surface area contributed by atoms with Gasteiger partial charge in [-0.1, -0.05) is 0 Å². The average Bonchev–Trinajstić information content (AvgIpc) is 3.30. The monoisotopic (exact) mass is 345 g/mol. The molecule has 1 aliphatic heterocycles. The molecule has 1 fully saturated rings. The molecule has 2 heterocycles. The van der Waals surface area contributed by atoms with E-state index in [-0.39, 0.29) is 11.8 Å². The molecule has 0 saturated carbocycles. The third-order valence-electron chi connectivity index (χ3n) is 4.51. The van der Waals surface area contributed by atoms with Crippen LogP contribution < -0.4 is 9.47 Å². The molecular weight excluding hydrogens is 322 g/mol. The molecule has 1 atom stereocenters. The zero-order chi connectivity index (χ0) is 17.8. The van der Waals surface area contributed by atoms with E-state index in [4.69, 9.17) is 18.6 Å². The molecule has 6 nitrogen and oxygen atoms in total. The van der Waals surface area contributed by atoms with Gasteiger partial charge in [0, 0.05) is 31.7 Å². The smallest absolute Gasteiger partial charge is 0.289 e. The van der Waals surface area contributed by atoms with Crippen LogP contribution >= 0.6 is 0 Å². The van der Waals surface area contributed by atoms with E-state index in [1.165, 1.54) is 0 Å². The van der Waals surface area contributed by atoms with Crippen molar-refractivity contribution in [1.29, 1.82) is 0 Å². The van der Waals surface area contributed by atoms with Crippen LogP contribution in [-0.4, -0.2) is 45.2 Å². The van der Waals surface area contributed by atoms with Gasteiger partial charge in [0.25, 0.3) is 5.91 Å². The second-order valence-corrected chi connectivity index (χ2v) is 6.04. The fourth-order valence-corrected chi connectivity index (χ4v) is 3.23. The molecule has 25 heavy (non-hydrogen) atoms. The van der Waals surface area contributed by atoms with E-state index in [1.807, 2.05) is 23.1 Å². The first kappa shape index (κ1) is 17.4. The molecule has 6 heteroatoms. The molecule has 1 aromatic heterocycles. The highest BCUT2D eigenvalue weighted by atomic mass is 16.5. The lowest BCUT2D eigenvalue weighted by molar-refractivity contribution is 0.0751. The second-order valence-electron chi connectivity index (χ2n) is 6.04. The molecule has 1 amide bonds. The predicted molar refractivity (Wildman–Crippen MR) is 92.2 cm³/mol. The van der Waals surface area contributed by atoms with E-state index in [1.54, 1.807) is 33.5 Å². The third kappa shape index (κ3) is 3.64. The first-order valence-corrected chi connectivity index (χ1v) is 8.25. The van der Waals surface area contributed by atoms with E-state index < -0.39 is 0 Å². The fraction of sp³-hybridized carbons (Fsp3) is 0.421. The highest BCUT2D eigenvalue weighted by molar-refractivity contribution is 5.91. The van der Waals surface area contributed by atoms with Gasteiger partial charge in [-0.15, -0.1) is 0 Å². The Morgan fingerprint density at radius 2 is 2.04 bits per heavy atom. The van der Waals surface area contributed by atoms with Crippen LogP contribution in [0.25, 0.3) is 0 Å². The van der Waals surface area contributed by atoms with Gasteiger partial charge >= 0.3 is 0 Å². The molecule has 1 saturated heterocycles. The van der Waals surface area contributed by atoms with Crippen molar-refractivity contribution in [2.24, 2.45) is 0 Å². The predicted octanol–water partition coefficient (Wildman–Crippen LogP) is 3.07. The number of nitrogens with zero attached hydrogens (tertiary/aromatic N) is 1. The number of hydrogen-bond acceptors (Lipinski definition) is 5. The van der Waals surface area contributed by atoms with E-state index in [0.29, 0.717) is 31.2 Å². The van der Waals surface area contributed by atoms with Crippen LogP contribution in [0.15, 0.2) is 34.7 Å². The number of ether oxygens (including phenoxy) is 3. The van der Waals surface area contributed by atoms with E-state index in [2.05, 4.69) is 0 Å². The molecule has 3 rings (SSSR count). The van der Waals surface area contributed by atoms with Crippen molar-refractivity contribution in [2.75, 3.05) is 34.4 Å². The summed E-state index contributed by atoms with van der Waals surface area (Å²) in [5.41, 5.74) is 1.07. The zero-order valence-corrected chi connectivity index (χ0v) is 14.8. The molecule has 0 bridgehead atoms. The minimum Gasteiger partial charge on any atom is -0.497 e. The Balaban J connectivity index is 1.73. The molecule has 1 unspecified atom stereocenters. The maximum atomic E-state index is 12.7. The first-order chi connectivity index (χ1) is 12.2. The van der Waals surface area contributed by atoms with Crippen molar-refractivity contribution >= 4 is 5.91 Å². The largest absolute Gasteiger partial charge is 0.497 e. The quantitative estimate of drug-likeness (QED) is 0.805. The van der Waals surface area contributed by atoms with Crippen molar-refractivity contribution in [2.45, 2.75) is 18.9 Å². The highest BCUT2D eigenvalue weighted by Gasteiger charge is 2.31. The summed E-state index contributed by atoms with van der Waals surface area (Å²) in [4.78, 5) is 14.5. The van der Waals surface area contributed by atoms with Gasteiger partial charge in [-0.05, 0) is 36.8 Å². The number of carbonyl (C=O) groups is 1. The van der Waals surface area contributed by atoms with E-state index in [9.17, 15) is 4.79 Å². The van der Waals surface area contributed by atoms with Crippen LogP contribution in [-0.2, 0) is 11.3 Å². The summed E-state index contributed by atoms with van der Waals surface area (Å²) in [6, 6.07) is 9.25. The van der Waals surface area contributed by atoms with Crippen LogP contribution in [0.5, 0.6) is 11.5 Å². The molecule has 2 aromatic rings. The van der Waals surface area contributed by atoms with Crippen molar-refractivity contribution in [3.05, 3.63) is 47.4 Å². The van der Waals surface area contributed by atoms with E-state index in [0.717, 1.165) is 23.5 Å². The normalized spacial score (nSPS) is 16.9. The number of amides is 1. The Morgan fingerprint density at radius 3 is 2.76 bits per heavy atom. The van der Waals surface area contributed by atoms with E-state index >= 15 is 0 Å². The van der Waals surface area contributed by atoms with Gasteiger partial charge < -0.3 is 23.5 Å². The summed E-state index contributed by atoms with van der Waals surface area (Å²) in [6.07, 6.45) is 0.876. The Bertz CT molecular complexity index is 739. The Morgan fingerprint density at radius 1 is 1.20 bits per heavy atom. The Labute approximate surface area is 147 Å². The maximum absolute atomic E-state index is 12.7. The maximum Gasteiger partial charge on any atom is 0.289 e. The molecule has 0 aliphatic carbocycles. The van der Waals surface area contributed by atoms with Crippen molar-refractivity contribution in [3.63, 3.8) is 0 Å². The lowest BCUT2D eigenvalue weighted by Gasteiger charge is -2.17. The molecular formula is C19H23NO5. The van der Waals surface area contributed by atoms with Gasteiger partial charge in [-0.25, -0.2) is 0 Å². The minimum absolute atomic E-state index is 0.0910. The summed E-state index contributed by atoms with van der Waals surface area (Å²) in [5.74, 6) is 2.73. The number of rotatable bonds is 6. The van der Waals surface area contributed by atoms with Crippen LogP contribution in [0.1, 0.15) is 34.2 Å². The van der Waals surface area contributed by atoms with Crippen LogP contribution in [0.2, 0.25) is 0 Å². The standard InChI is InChI=1S/C19H23NO5/c1-22-12-15-5-7-18(25-15)19(21)20-9-8-13(11-20)16-10-14(23-2)4-6-17(16)24-3/h4-7,10,13H,8-9,11-12H2,1-3H3. The number of likely N-dealkylation sites (tertiary alicyclic amines) is 1. The minimum atomic E-state index is -0.0910. The summed E-state index contributed by atoms with van der Waals surface area (Å²) >= 11 is 0. The molecule has 1 aliphatic rings. The summed E-state index contributed by atoms with van der Waals surface area (Å²) < 4.78 is 21.4. The van der Waals surface area contributed by atoms with Gasteiger partial charge in [0.05, 0.1) is 14.2 Å². The summed E-state index contributed by atoms with van der Waals surface area (Å²) in [5, 5.41) is 0. The van der Waals surface area contributed by atoms with Gasteiger partial charge in [0.2, 0.25) is 0 Å². The highest BCUT2D eigenvalue weighted by Crippen LogP contribution is 2.36. The fourth-order valence-electron chi connectivity index (χ4n) is 3.23. The van der Waals surface area contributed by atoms with Crippen LogP contribution in [0.4, 0.5) is 0 Å². The van der Waals surface area contributed by atoms with Gasteiger partial charge in [0.1, 0.15) is 23.9 Å². The third-order valence-corrected chi connectivity index (χ3v) is 4.51. The van der Waals surface area contributed by atoms with Crippen molar-refractivity contribution in [3.8, 4) is 11.5 Å². The first-order valence-electron chi connectivity index (χ1n) is 8.25. The molecule has 0 N–H and O–H groups in total. The van der Waals surface area contributed by atoms with Crippen molar-refractivity contribution < 1.29 is 23.4 Å². The molecule has 0 spiro atoms. The van der Waals surface area contributed by atoms with Gasteiger partial charge in [-0.2, -0.15) is 0 Å². The van der Waals surface area contributed by atoms with Crippen LogP contribution in [0, 0.1) is 0 Å². The number of benzene rings is 1. The summed E-state index contributed by atoms with van der Waals surface area (Å²) in [6.45, 7) is 1.67. The number of methoxy groups -OCH3 is 3. The second kappa shape index (κ2) is 7.61. The SMILES string of the molecule is COCc1ccc(C(=O)N2CCC(c3cc(OC)ccc3OC)C2)o1. The number of carbonyl (C=O) groups excluding carboxylic acids is 1. The van der Waals surface area contributed by atoms with Gasteiger partial charge in [0.15, 0.2) is 5.76 Å². The molecule has 0 radical (unpaired) electrons. The van der Waals surface area contributed by atoms with Crippen molar-refractivity contribution in [1.82, 2.24) is 4.90 Å². The zero-order valence-electron chi connectivity index (χ0n) is 14.8. The Kier molecular flexibility index (Phi) is 5.28. The van der Waals surface area contributed by atoms with Gasteiger partial charge in [-0.3, -0.25) is 4.79 Å². The summed E-state index contributed by atoms with van der Waals surface area (Å²) in [7, 11) is 4.89. The molecule has 1 aromatic carbocycles.